The molecule has 0 bridgehead atoms. The first-order valence-corrected chi connectivity index (χ1v) is 15.4. The van der Waals surface area contributed by atoms with E-state index < -0.39 is 5.97 Å². The van der Waals surface area contributed by atoms with Crippen molar-refractivity contribution in [2.45, 2.75) is 57.4 Å². The fourth-order valence-electron chi connectivity index (χ4n) is 6.44. The van der Waals surface area contributed by atoms with Gasteiger partial charge in [-0.05, 0) is 74.8 Å². The van der Waals surface area contributed by atoms with Gasteiger partial charge in [0.25, 0.3) is 0 Å². The number of carboxylic acid groups (broad SMARTS) is 1. The third-order valence-electron chi connectivity index (χ3n) is 8.90. The Bertz CT molecular complexity index is 1640. The van der Waals surface area contributed by atoms with Crippen LogP contribution in [-0.4, -0.2) is 57.9 Å². The second-order valence-corrected chi connectivity index (χ2v) is 12.3. The van der Waals surface area contributed by atoms with Crippen LogP contribution in [0.5, 0.6) is 11.5 Å². The molecule has 3 aliphatic rings. The molecule has 3 unspecified atom stereocenters. The number of fused-ring (bicyclic) bond motifs is 2. The predicted octanol–water partition coefficient (Wildman–Crippen LogP) is 5.22. The van der Waals surface area contributed by atoms with Gasteiger partial charge in [-0.25, -0.2) is 9.78 Å². The van der Waals surface area contributed by atoms with Crippen LogP contribution in [0.25, 0.3) is 11.0 Å². The Kier molecular flexibility index (Phi) is 7.39. The number of imidazole rings is 1. The van der Waals surface area contributed by atoms with Crippen molar-refractivity contribution in [3.05, 3.63) is 82.7 Å². The van der Waals surface area contributed by atoms with Crippen molar-refractivity contribution in [1.29, 1.82) is 0 Å². The summed E-state index contributed by atoms with van der Waals surface area (Å²) in [5.74, 6) is 2.13. The molecule has 42 heavy (non-hydrogen) atoms. The smallest absolute Gasteiger partial charge is 0.335 e. The Morgan fingerprint density at radius 1 is 1.07 bits per heavy atom. The molecule has 0 radical (unpaired) electrons. The van der Waals surface area contributed by atoms with Crippen LogP contribution >= 0.6 is 9.24 Å². The van der Waals surface area contributed by atoms with Gasteiger partial charge in [-0.3, -0.25) is 4.90 Å². The first-order valence-electron chi connectivity index (χ1n) is 14.8. The van der Waals surface area contributed by atoms with Crippen LogP contribution in [0.1, 0.15) is 64.2 Å². The van der Waals surface area contributed by atoms with E-state index in [1.165, 1.54) is 11.1 Å². The topological polar surface area (TPSA) is 86.1 Å². The molecule has 1 N–H and O–H groups in total. The van der Waals surface area contributed by atoms with E-state index in [4.69, 9.17) is 19.2 Å². The molecule has 4 heterocycles. The Morgan fingerprint density at radius 3 is 2.64 bits per heavy atom. The van der Waals surface area contributed by atoms with Crippen LogP contribution in [0.3, 0.4) is 0 Å². The first-order chi connectivity index (χ1) is 20.4. The lowest BCUT2D eigenvalue weighted by atomic mass is 9.88. The fraction of sp³-hybridized carbons (Fsp3) is 0.394. The molecule has 0 spiro atoms. The summed E-state index contributed by atoms with van der Waals surface area (Å²) in [5.41, 5.74) is 5.57. The molecule has 7 rings (SSSR count). The number of piperidine rings is 1. The lowest BCUT2D eigenvalue weighted by Crippen LogP contribution is -2.35. The van der Waals surface area contributed by atoms with Crippen LogP contribution in [-0.2, 0) is 17.8 Å². The molecule has 3 aliphatic heterocycles. The predicted molar refractivity (Wildman–Crippen MR) is 164 cm³/mol. The standard InChI is InChI=1S/C33H36N3O5P/c1-20-5-7-25(30(42)15-20)29-19-40-28-4-2-3-24(32(28)41-29)21-9-12-35(13-10-21)18-31-34-26-8-6-22(33(37)38)16-27(26)36(31)17-23-11-14-39-23/h2-8,15-16,21,23,29H,9-14,17-19,42H2,1H3,(H,37,38). The zero-order chi connectivity index (χ0) is 28.8. The number of hydrogen-bond acceptors (Lipinski definition) is 6. The van der Waals surface area contributed by atoms with E-state index >= 15 is 0 Å². The highest BCUT2D eigenvalue weighted by Gasteiger charge is 2.31. The number of aromatic nitrogens is 2. The minimum atomic E-state index is -0.926. The van der Waals surface area contributed by atoms with Crippen LogP contribution in [0.15, 0.2) is 54.6 Å². The molecule has 0 amide bonds. The van der Waals surface area contributed by atoms with Gasteiger partial charge in [-0.2, -0.15) is 0 Å². The van der Waals surface area contributed by atoms with E-state index in [-0.39, 0.29) is 17.8 Å². The van der Waals surface area contributed by atoms with Gasteiger partial charge < -0.3 is 23.9 Å². The number of nitrogens with zero attached hydrogens (tertiary/aromatic N) is 3. The van der Waals surface area contributed by atoms with Crippen molar-refractivity contribution in [2.24, 2.45) is 0 Å². The van der Waals surface area contributed by atoms with E-state index in [9.17, 15) is 9.90 Å². The van der Waals surface area contributed by atoms with Gasteiger partial charge in [0.1, 0.15) is 12.4 Å². The fourth-order valence-corrected chi connectivity index (χ4v) is 6.99. The SMILES string of the molecule is Cc1ccc(C2COc3cccc(C4CCN(Cc5nc6ccc(C(=O)O)cc6n5CC5CCO5)CC4)c3O2)c(P)c1. The highest BCUT2D eigenvalue weighted by Crippen LogP contribution is 2.44. The molecule has 9 heteroatoms. The average Bonchev–Trinajstić information content (AvgIpc) is 3.30. The summed E-state index contributed by atoms with van der Waals surface area (Å²) in [6.45, 7) is 6.67. The normalized spacial score (nSPS) is 20.9. The molecule has 2 fully saturated rings. The van der Waals surface area contributed by atoms with Crippen molar-refractivity contribution >= 4 is 31.5 Å². The number of likely N-dealkylation sites (tertiary alicyclic amines) is 1. The van der Waals surface area contributed by atoms with E-state index in [2.05, 4.69) is 56.0 Å². The highest BCUT2D eigenvalue weighted by molar-refractivity contribution is 7.27. The highest BCUT2D eigenvalue weighted by atomic mass is 31.0. The van der Waals surface area contributed by atoms with E-state index in [0.717, 1.165) is 84.7 Å². The molecule has 8 nitrogen and oxygen atoms in total. The molecule has 3 atom stereocenters. The largest absolute Gasteiger partial charge is 0.485 e. The molecule has 0 aliphatic carbocycles. The van der Waals surface area contributed by atoms with Gasteiger partial charge in [0, 0.05) is 17.7 Å². The molecule has 218 valence electrons. The van der Waals surface area contributed by atoms with Crippen molar-refractivity contribution < 1.29 is 24.1 Å². The molecular weight excluding hydrogens is 549 g/mol. The number of ether oxygens (including phenoxy) is 3. The molecular formula is C33H36N3O5P. The summed E-state index contributed by atoms with van der Waals surface area (Å²) in [5, 5.41) is 10.7. The summed E-state index contributed by atoms with van der Waals surface area (Å²) in [6.07, 6.45) is 3.05. The van der Waals surface area contributed by atoms with Gasteiger partial charge in [0.05, 0.1) is 35.8 Å². The second-order valence-electron chi connectivity index (χ2n) is 11.7. The minimum absolute atomic E-state index is 0.138. The number of aromatic carboxylic acids is 1. The monoisotopic (exact) mass is 585 g/mol. The van der Waals surface area contributed by atoms with Gasteiger partial charge in [-0.1, -0.05) is 35.9 Å². The third kappa shape index (κ3) is 5.28. The quantitative estimate of drug-likeness (QED) is 0.298. The zero-order valence-corrected chi connectivity index (χ0v) is 24.9. The summed E-state index contributed by atoms with van der Waals surface area (Å²) >= 11 is 0. The lowest BCUT2D eigenvalue weighted by molar-refractivity contribution is -0.0592. The maximum Gasteiger partial charge on any atom is 0.335 e. The molecule has 0 saturated carbocycles. The lowest BCUT2D eigenvalue weighted by Gasteiger charge is -2.35. The number of carboxylic acids is 1. The molecule has 2 saturated heterocycles. The second kappa shape index (κ2) is 11.3. The number of benzene rings is 3. The number of para-hydroxylation sites is 1. The van der Waals surface area contributed by atoms with Crippen molar-refractivity contribution in [2.75, 3.05) is 26.3 Å². The Hall–Kier alpha value is -3.45. The number of rotatable bonds is 7. The van der Waals surface area contributed by atoms with E-state index in [1.54, 1.807) is 12.1 Å². The van der Waals surface area contributed by atoms with Crippen LogP contribution in [0.4, 0.5) is 0 Å². The first kappa shape index (κ1) is 27.4. The van der Waals surface area contributed by atoms with Gasteiger partial charge in [0.2, 0.25) is 0 Å². The zero-order valence-electron chi connectivity index (χ0n) is 23.8. The van der Waals surface area contributed by atoms with Crippen molar-refractivity contribution in [3.63, 3.8) is 0 Å². The van der Waals surface area contributed by atoms with Crippen molar-refractivity contribution in [1.82, 2.24) is 14.5 Å². The number of aryl methyl sites for hydroxylation is 1. The molecule has 4 aromatic rings. The van der Waals surface area contributed by atoms with Crippen LogP contribution < -0.4 is 14.8 Å². The van der Waals surface area contributed by atoms with E-state index in [1.807, 2.05) is 12.1 Å². The Morgan fingerprint density at radius 2 is 1.90 bits per heavy atom. The van der Waals surface area contributed by atoms with Gasteiger partial charge in [-0.15, -0.1) is 9.24 Å². The summed E-state index contributed by atoms with van der Waals surface area (Å²) in [6, 6.07) is 17.9. The minimum Gasteiger partial charge on any atom is -0.485 e. The van der Waals surface area contributed by atoms with Crippen LogP contribution in [0, 0.1) is 6.92 Å². The molecule has 3 aromatic carbocycles. The average molecular weight is 586 g/mol. The third-order valence-corrected chi connectivity index (χ3v) is 9.40. The maximum atomic E-state index is 11.6. The van der Waals surface area contributed by atoms with Crippen LogP contribution in [0.2, 0.25) is 0 Å². The van der Waals surface area contributed by atoms with E-state index in [0.29, 0.717) is 19.1 Å². The maximum absolute atomic E-state index is 11.6. The summed E-state index contributed by atoms with van der Waals surface area (Å²) < 4.78 is 20.8. The van der Waals surface area contributed by atoms with Crippen molar-refractivity contribution in [3.8, 4) is 11.5 Å². The summed E-state index contributed by atoms with van der Waals surface area (Å²) in [4.78, 5) is 19.0. The number of carbonyl (C=O) groups is 1. The van der Waals surface area contributed by atoms with Gasteiger partial charge >= 0.3 is 5.97 Å². The Labute approximate surface area is 247 Å². The summed E-state index contributed by atoms with van der Waals surface area (Å²) in [7, 11) is 2.84. The number of hydrogen-bond donors (Lipinski definition) is 1. The molecule has 1 aromatic heterocycles. The Balaban J connectivity index is 1.07. The van der Waals surface area contributed by atoms with Gasteiger partial charge in [0.15, 0.2) is 17.6 Å².